The van der Waals surface area contributed by atoms with Gasteiger partial charge in [0.2, 0.25) is 0 Å². The van der Waals surface area contributed by atoms with E-state index in [9.17, 15) is 9.59 Å². The number of ether oxygens (including phenoxy) is 1. The van der Waals surface area contributed by atoms with Crippen molar-refractivity contribution in [3.05, 3.63) is 50.9 Å². The molecule has 1 atom stereocenters. The number of esters is 1. The topological polar surface area (TPSA) is 72.0 Å². The second-order valence-corrected chi connectivity index (χ2v) is 6.08. The highest BCUT2D eigenvalue weighted by molar-refractivity contribution is 7.18. The van der Waals surface area contributed by atoms with Crippen molar-refractivity contribution in [1.29, 1.82) is 0 Å². The van der Waals surface area contributed by atoms with Crippen LogP contribution in [0.5, 0.6) is 0 Å². The number of nitrogens with one attached hydrogen (secondary N) is 1. The Hall–Kier alpha value is -2.21. The Kier molecular flexibility index (Phi) is 4.92. The van der Waals surface area contributed by atoms with Gasteiger partial charge in [0.05, 0.1) is 5.39 Å². The summed E-state index contributed by atoms with van der Waals surface area (Å²) in [6.45, 7) is 7.39. The van der Waals surface area contributed by atoms with E-state index in [1.165, 1.54) is 17.4 Å². The summed E-state index contributed by atoms with van der Waals surface area (Å²) in [5.74, 6) is -0.126. The maximum atomic E-state index is 12.2. The molecule has 0 saturated carbocycles. The van der Waals surface area contributed by atoms with E-state index in [2.05, 4.69) is 9.97 Å². The summed E-state index contributed by atoms with van der Waals surface area (Å²) in [6.07, 6.45) is 5.84. The molecule has 0 aliphatic carbocycles. The summed E-state index contributed by atoms with van der Waals surface area (Å²) in [6, 6.07) is 0. The Morgan fingerprint density at radius 1 is 1.36 bits per heavy atom. The normalized spacial score (nSPS) is 13.3. The molecule has 0 amide bonds. The van der Waals surface area contributed by atoms with Crippen molar-refractivity contribution >= 4 is 27.5 Å². The van der Waals surface area contributed by atoms with E-state index in [-0.39, 0.29) is 5.56 Å². The second kappa shape index (κ2) is 6.70. The number of aromatic nitrogens is 2. The van der Waals surface area contributed by atoms with E-state index in [1.807, 2.05) is 26.8 Å². The van der Waals surface area contributed by atoms with Gasteiger partial charge in [-0.05, 0) is 33.3 Å². The summed E-state index contributed by atoms with van der Waals surface area (Å²) in [5.41, 5.74) is 0.744. The van der Waals surface area contributed by atoms with Crippen LogP contribution in [0.25, 0.3) is 10.2 Å². The summed E-state index contributed by atoms with van der Waals surface area (Å²) in [5, 5.41) is 0.609. The Labute approximate surface area is 132 Å². The third kappa shape index (κ3) is 3.33. The number of aryl methyl sites for hydroxylation is 2. The second-order valence-electron chi connectivity index (χ2n) is 4.88. The molecule has 0 bridgehead atoms. The maximum absolute atomic E-state index is 12.2. The molecular formula is C16H18N2O3S. The van der Waals surface area contributed by atoms with Crippen molar-refractivity contribution in [2.45, 2.75) is 33.8 Å². The highest BCUT2D eigenvalue weighted by Crippen LogP contribution is 2.26. The molecule has 2 aromatic rings. The molecule has 2 heterocycles. The van der Waals surface area contributed by atoms with Crippen LogP contribution in [0.3, 0.4) is 0 Å². The number of carbonyl (C=O) groups is 1. The molecular weight excluding hydrogens is 300 g/mol. The SMILES string of the molecule is C/C=C/C=C/C(=O)O[C@H](C)c1nc2sc(C)c(C)c2c(=O)[nH]1. The fourth-order valence-corrected chi connectivity index (χ4v) is 3.02. The number of fused-ring (bicyclic) bond motifs is 1. The summed E-state index contributed by atoms with van der Waals surface area (Å²) in [7, 11) is 0. The van der Waals surface area contributed by atoms with Crippen LogP contribution in [0.2, 0.25) is 0 Å². The molecule has 6 heteroatoms. The third-order valence-corrected chi connectivity index (χ3v) is 4.37. The van der Waals surface area contributed by atoms with Crippen molar-refractivity contribution in [2.75, 3.05) is 0 Å². The first-order valence-corrected chi connectivity index (χ1v) is 7.75. The van der Waals surface area contributed by atoms with Crippen molar-refractivity contribution in [3.63, 3.8) is 0 Å². The summed E-state index contributed by atoms with van der Waals surface area (Å²) >= 11 is 1.47. The lowest BCUT2D eigenvalue weighted by Gasteiger charge is -2.10. The smallest absolute Gasteiger partial charge is 0.331 e. The quantitative estimate of drug-likeness (QED) is 0.533. The van der Waals surface area contributed by atoms with E-state index in [4.69, 9.17) is 4.74 Å². The standard InChI is InChI=1S/C16H18N2O3S/c1-5-6-7-8-12(19)21-10(3)14-17-15(20)13-9(2)11(4)22-16(13)18-14/h5-8,10H,1-4H3,(H,17,18,20)/b6-5+,8-7+/t10-/m1/s1. The van der Waals surface area contributed by atoms with Gasteiger partial charge in [0.15, 0.2) is 11.9 Å². The Bertz CT molecular complexity index is 815. The lowest BCUT2D eigenvalue weighted by atomic mass is 10.2. The first-order valence-electron chi connectivity index (χ1n) is 6.94. The molecule has 0 aliphatic rings. The van der Waals surface area contributed by atoms with Crippen molar-refractivity contribution < 1.29 is 9.53 Å². The molecule has 116 valence electrons. The molecule has 0 radical (unpaired) electrons. The molecule has 0 fully saturated rings. The highest BCUT2D eigenvalue weighted by atomic mass is 32.1. The van der Waals surface area contributed by atoms with Gasteiger partial charge in [0, 0.05) is 11.0 Å². The van der Waals surface area contributed by atoms with Gasteiger partial charge in [-0.2, -0.15) is 0 Å². The zero-order valence-electron chi connectivity index (χ0n) is 13.0. The van der Waals surface area contributed by atoms with Crippen molar-refractivity contribution in [3.8, 4) is 0 Å². The van der Waals surface area contributed by atoms with Gasteiger partial charge in [0.25, 0.3) is 5.56 Å². The highest BCUT2D eigenvalue weighted by Gasteiger charge is 2.17. The molecule has 2 rings (SSSR count). The number of hydrogen-bond donors (Lipinski definition) is 1. The van der Waals surface area contributed by atoms with Gasteiger partial charge in [-0.1, -0.05) is 18.2 Å². The first-order chi connectivity index (χ1) is 10.4. The third-order valence-electron chi connectivity index (χ3n) is 3.27. The van der Waals surface area contributed by atoms with Crippen LogP contribution in [-0.4, -0.2) is 15.9 Å². The van der Waals surface area contributed by atoms with Crippen LogP contribution in [0.15, 0.2) is 29.1 Å². The first kappa shape index (κ1) is 16.2. The molecule has 22 heavy (non-hydrogen) atoms. The predicted octanol–water partition coefficient (Wildman–Crippen LogP) is 3.34. The Morgan fingerprint density at radius 3 is 2.77 bits per heavy atom. The predicted molar refractivity (Wildman–Crippen MR) is 88.2 cm³/mol. The molecule has 1 N–H and O–H groups in total. The van der Waals surface area contributed by atoms with Gasteiger partial charge in [-0.3, -0.25) is 4.79 Å². The fourth-order valence-electron chi connectivity index (χ4n) is 1.98. The van der Waals surface area contributed by atoms with E-state index in [0.29, 0.717) is 16.0 Å². The lowest BCUT2D eigenvalue weighted by Crippen LogP contribution is -2.16. The molecule has 0 aromatic carbocycles. The molecule has 2 aromatic heterocycles. The van der Waals surface area contributed by atoms with E-state index < -0.39 is 12.1 Å². The number of H-pyrrole nitrogens is 1. The van der Waals surface area contributed by atoms with Gasteiger partial charge >= 0.3 is 5.97 Å². The fraction of sp³-hybridized carbons (Fsp3) is 0.312. The van der Waals surface area contributed by atoms with Crippen LogP contribution in [0.1, 0.15) is 36.2 Å². The minimum Gasteiger partial charge on any atom is -0.451 e. The van der Waals surface area contributed by atoms with Gasteiger partial charge in [-0.15, -0.1) is 11.3 Å². The van der Waals surface area contributed by atoms with E-state index >= 15 is 0 Å². The average Bonchev–Trinajstić information content (AvgIpc) is 2.74. The summed E-state index contributed by atoms with van der Waals surface area (Å²) in [4.78, 5) is 32.7. The Morgan fingerprint density at radius 2 is 2.09 bits per heavy atom. The van der Waals surface area contributed by atoms with Crippen molar-refractivity contribution in [2.24, 2.45) is 0 Å². The largest absolute Gasteiger partial charge is 0.451 e. The van der Waals surface area contributed by atoms with E-state index in [1.54, 1.807) is 19.1 Å². The monoisotopic (exact) mass is 318 g/mol. The molecule has 0 saturated heterocycles. The minimum atomic E-state index is -0.623. The van der Waals surface area contributed by atoms with Gasteiger partial charge in [0.1, 0.15) is 4.83 Å². The zero-order chi connectivity index (χ0) is 16.3. The van der Waals surface area contributed by atoms with Crippen LogP contribution in [-0.2, 0) is 9.53 Å². The molecule has 0 aliphatic heterocycles. The number of allylic oxidation sites excluding steroid dienone is 3. The Balaban J connectivity index is 2.27. The maximum Gasteiger partial charge on any atom is 0.331 e. The number of hydrogen-bond acceptors (Lipinski definition) is 5. The number of carbonyl (C=O) groups excluding carboxylic acids is 1. The molecule has 5 nitrogen and oxygen atoms in total. The van der Waals surface area contributed by atoms with Crippen LogP contribution >= 0.6 is 11.3 Å². The van der Waals surface area contributed by atoms with Crippen LogP contribution in [0.4, 0.5) is 0 Å². The molecule has 0 spiro atoms. The summed E-state index contributed by atoms with van der Waals surface area (Å²) < 4.78 is 5.24. The van der Waals surface area contributed by atoms with Crippen LogP contribution in [0, 0.1) is 13.8 Å². The van der Waals surface area contributed by atoms with E-state index in [0.717, 1.165) is 10.4 Å². The average molecular weight is 318 g/mol. The minimum absolute atomic E-state index is 0.200. The van der Waals surface area contributed by atoms with Gasteiger partial charge < -0.3 is 9.72 Å². The number of rotatable bonds is 4. The number of nitrogens with zero attached hydrogens (tertiary/aromatic N) is 1. The number of thiophene rings is 1. The number of aromatic amines is 1. The van der Waals surface area contributed by atoms with Crippen molar-refractivity contribution in [1.82, 2.24) is 9.97 Å². The zero-order valence-corrected chi connectivity index (χ0v) is 13.8. The van der Waals surface area contributed by atoms with Crippen LogP contribution < -0.4 is 5.56 Å². The van der Waals surface area contributed by atoms with Gasteiger partial charge in [-0.25, -0.2) is 9.78 Å². The molecule has 0 unspecified atom stereocenters. The lowest BCUT2D eigenvalue weighted by molar-refractivity contribution is -0.142.